The molecule has 0 aliphatic heterocycles. The van der Waals surface area contributed by atoms with E-state index in [0.29, 0.717) is 5.56 Å². The molecule has 3 aromatic rings. The van der Waals surface area contributed by atoms with Crippen LogP contribution in [0.3, 0.4) is 0 Å². The van der Waals surface area contributed by atoms with Crippen molar-refractivity contribution >= 4 is 6.09 Å². The molecule has 2 aromatic carbocycles. The van der Waals surface area contributed by atoms with Gasteiger partial charge in [0.05, 0.1) is 18.0 Å². The van der Waals surface area contributed by atoms with E-state index in [0.717, 1.165) is 11.3 Å². The predicted octanol–water partition coefficient (Wildman–Crippen LogP) is 2.58. The van der Waals surface area contributed by atoms with E-state index >= 15 is 0 Å². The third-order valence-corrected chi connectivity index (χ3v) is 4.25. The molecule has 3 rings (SSSR count). The summed E-state index contributed by atoms with van der Waals surface area (Å²) in [4.78, 5) is 11.7. The molecule has 0 saturated carbocycles. The van der Waals surface area contributed by atoms with Crippen molar-refractivity contribution in [3.8, 4) is 5.69 Å². The number of carbonyl (C=O) groups is 1. The van der Waals surface area contributed by atoms with Gasteiger partial charge in [-0.15, -0.1) is 0 Å². The topological polar surface area (TPSA) is 96.6 Å². The normalized spacial score (nSPS) is 12.9. The van der Waals surface area contributed by atoms with Crippen LogP contribution in [0.25, 0.3) is 5.69 Å². The molecule has 0 saturated heterocycles. The largest absolute Gasteiger partial charge is 0.445 e. The van der Waals surface area contributed by atoms with Gasteiger partial charge in [0.2, 0.25) is 0 Å². The Bertz CT molecular complexity index is 868. The first-order valence-electron chi connectivity index (χ1n) is 9.04. The lowest BCUT2D eigenvalue weighted by Gasteiger charge is -2.16. The molecular formula is C21H23N3O4. The number of ether oxygens (including phenoxy) is 1. The summed E-state index contributed by atoms with van der Waals surface area (Å²) < 4.78 is 6.73. The monoisotopic (exact) mass is 381 g/mol. The van der Waals surface area contributed by atoms with Gasteiger partial charge in [-0.1, -0.05) is 48.5 Å². The molecule has 28 heavy (non-hydrogen) atoms. The number of nitrogens with one attached hydrogen (secondary N) is 1. The van der Waals surface area contributed by atoms with Crippen molar-refractivity contribution in [1.29, 1.82) is 0 Å². The second-order valence-electron chi connectivity index (χ2n) is 6.34. The van der Waals surface area contributed by atoms with Crippen molar-refractivity contribution in [2.45, 2.75) is 25.2 Å². The molecular weight excluding hydrogens is 358 g/mol. The summed E-state index contributed by atoms with van der Waals surface area (Å²) in [5.74, 6) is 0. The third kappa shape index (κ3) is 5.42. The van der Waals surface area contributed by atoms with Crippen LogP contribution in [0, 0.1) is 0 Å². The van der Waals surface area contributed by atoms with Crippen LogP contribution in [-0.4, -0.2) is 38.7 Å². The summed E-state index contributed by atoms with van der Waals surface area (Å²) in [5.41, 5.74) is 2.25. The van der Waals surface area contributed by atoms with E-state index in [4.69, 9.17) is 4.74 Å². The standard InChI is InChI=1S/C21H23N3O4/c25-19(11-12-22-21(27)28-15-16-7-3-1-4-8-16)20(26)17-13-23-24(14-17)18-9-5-2-6-10-18/h1-10,13-14,19-20,25-26H,11-12,15H2,(H,22,27). The molecule has 0 aliphatic carbocycles. The summed E-state index contributed by atoms with van der Waals surface area (Å²) in [6.45, 7) is 0.356. The number of rotatable bonds is 8. The quantitative estimate of drug-likeness (QED) is 0.557. The summed E-state index contributed by atoms with van der Waals surface area (Å²) in [6, 6.07) is 18.8. The number of hydrogen-bond acceptors (Lipinski definition) is 5. The summed E-state index contributed by atoms with van der Waals surface area (Å²) in [7, 11) is 0. The van der Waals surface area contributed by atoms with Crippen molar-refractivity contribution in [3.05, 3.63) is 84.2 Å². The molecule has 1 amide bonds. The van der Waals surface area contributed by atoms with Crippen LogP contribution in [0.2, 0.25) is 0 Å². The molecule has 3 N–H and O–H groups in total. The molecule has 0 bridgehead atoms. The summed E-state index contributed by atoms with van der Waals surface area (Å²) >= 11 is 0. The molecule has 2 atom stereocenters. The van der Waals surface area contributed by atoms with E-state index in [1.807, 2.05) is 60.7 Å². The van der Waals surface area contributed by atoms with Crippen molar-refractivity contribution in [2.24, 2.45) is 0 Å². The fourth-order valence-electron chi connectivity index (χ4n) is 2.69. The summed E-state index contributed by atoms with van der Waals surface area (Å²) in [6.07, 6.45) is 0.663. The number of carbonyl (C=O) groups excluding carboxylic acids is 1. The minimum Gasteiger partial charge on any atom is -0.445 e. The Balaban J connectivity index is 1.42. The molecule has 2 unspecified atom stereocenters. The van der Waals surface area contributed by atoms with Crippen molar-refractivity contribution in [2.75, 3.05) is 6.54 Å². The van der Waals surface area contributed by atoms with E-state index in [1.54, 1.807) is 10.9 Å². The highest BCUT2D eigenvalue weighted by molar-refractivity contribution is 5.67. The Hall–Kier alpha value is -3.16. The van der Waals surface area contributed by atoms with Gasteiger partial charge in [0.1, 0.15) is 12.7 Å². The number of amides is 1. The average Bonchev–Trinajstić information content (AvgIpc) is 3.23. The van der Waals surface area contributed by atoms with Gasteiger partial charge in [-0.2, -0.15) is 5.10 Å². The average molecular weight is 381 g/mol. The SMILES string of the molecule is O=C(NCCC(O)C(O)c1cnn(-c2ccccc2)c1)OCc1ccccc1. The van der Waals surface area contributed by atoms with E-state index in [1.165, 1.54) is 6.20 Å². The third-order valence-electron chi connectivity index (χ3n) is 4.25. The number of nitrogens with zero attached hydrogens (tertiary/aromatic N) is 2. The number of alkyl carbamates (subject to hydrolysis) is 1. The van der Waals surface area contributed by atoms with Crippen LogP contribution in [0.4, 0.5) is 4.79 Å². The smallest absolute Gasteiger partial charge is 0.407 e. The molecule has 1 heterocycles. The minimum atomic E-state index is -1.10. The molecule has 0 spiro atoms. The van der Waals surface area contributed by atoms with E-state index < -0.39 is 18.3 Å². The molecule has 7 nitrogen and oxygen atoms in total. The van der Waals surface area contributed by atoms with Crippen LogP contribution >= 0.6 is 0 Å². The lowest BCUT2D eigenvalue weighted by Crippen LogP contribution is -2.29. The van der Waals surface area contributed by atoms with Gasteiger partial charge in [-0.3, -0.25) is 0 Å². The van der Waals surface area contributed by atoms with Crippen molar-refractivity contribution in [1.82, 2.24) is 15.1 Å². The lowest BCUT2D eigenvalue weighted by molar-refractivity contribution is 0.0136. The Morgan fingerprint density at radius 3 is 2.46 bits per heavy atom. The van der Waals surface area contributed by atoms with Gasteiger partial charge in [0.15, 0.2) is 0 Å². The van der Waals surface area contributed by atoms with Crippen molar-refractivity contribution in [3.63, 3.8) is 0 Å². The molecule has 0 fully saturated rings. The first-order valence-corrected chi connectivity index (χ1v) is 9.04. The van der Waals surface area contributed by atoms with Gasteiger partial charge in [-0.05, 0) is 24.1 Å². The second kappa shape index (κ2) is 9.68. The van der Waals surface area contributed by atoms with Gasteiger partial charge < -0.3 is 20.3 Å². The zero-order valence-electron chi connectivity index (χ0n) is 15.3. The number of aromatic nitrogens is 2. The number of aliphatic hydroxyl groups is 2. The van der Waals surface area contributed by atoms with Crippen LogP contribution in [0.1, 0.15) is 23.7 Å². The fraction of sp³-hybridized carbons (Fsp3) is 0.238. The van der Waals surface area contributed by atoms with Crippen LogP contribution < -0.4 is 5.32 Å². The predicted molar refractivity (Wildman–Crippen MR) is 104 cm³/mol. The highest BCUT2D eigenvalue weighted by Crippen LogP contribution is 2.19. The number of aliphatic hydroxyl groups excluding tert-OH is 2. The molecule has 0 aliphatic rings. The molecule has 146 valence electrons. The Morgan fingerprint density at radius 2 is 1.75 bits per heavy atom. The Kier molecular flexibility index (Phi) is 6.78. The zero-order valence-corrected chi connectivity index (χ0v) is 15.3. The summed E-state index contributed by atoms with van der Waals surface area (Å²) in [5, 5.41) is 27.3. The van der Waals surface area contributed by atoms with Crippen LogP contribution in [0.5, 0.6) is 0 Å². The minimum absolute atomic E-state index is 0.177. The molecule has 0 radical (unpaired) electrons. The maximum atomic E-state index is 11.7. The lowest BCUT2D eigenvalue weighted by atomic mass is 10.1. The van der Waals surface area contributed by atoms with Crippen molar-refractivity contribution < 1.29 is 19.7 Å². The highest BCUT2D eigenvalue weighted by atomic mass is 16.5. The first-order chi connectivity index (χ1) is 13.6. The highest BCUT2D eigenvalue weighted by Gasteiger charge is 2.20. The van der Waals surface area contributed by atoms with E-state index in [2.05, 4.69) is 10.4 Å². The van der Waals surface area contributed by atoms with Gasteiger partial charge in [0.25, 0.3) is 0 Å². The number of hydrogen-bond donors (Lipinski definition) is 3. The second-order valence-corrected chi connectivity index (χ2v) is 6.34. The number of benzene rings is 2. The Labute approximate surface area is 163 Å². The fourth-order valence-corrected chi connectivity index (χ4v) is 2.69. The zero-order chi connectivity index (χ0) is 19.8. The number of para-hydroxylation sites is 1. The maximum absolute atomic E-state index is 11.7. The Morgan fingerprint density at radius 1 is 1.07 bits per heavy atom. The van der Waals surface area contributed by atoms with E-state index in [-0.39, 0.29) is 19.6 Å². The van der Waals surface area contributed by atoms with Crippen LogP contribution in [0.15, 0.2) is 73.1 Å². The molecule has 1 aromatic heterocycles. The molecule has 7 heteroatoms. The van der Waals surface area contributed by atoms with Gasteiger partial charge in [0, 0.05) is 18.3 Å². The maximum Gasteiger partial charge on any atom is 0.407 e. The van der Waals surface area contributed by atoms with Gasteiger partial charge >= 0.3 is 6.09 Å². The van der Waals surface area contributed by atoms with E-state index in [9.17, 15) is 15.0 Å². The van der Waals surface area contributed by atoms with Crippen LogP contribution in [-0.2, 0) is 11.3 Å². The first kappa shape index (κ1) is 19.6. The van der Waals surface area contributed by atoms with Gasteiger partial charge in [-0.25, -0.2) is 9.48 Å².